The van der Waals surface area contributed by atoms with Crippen LogP contribution in [-0.4, -0.2) is 57.1 Å². The van der Waals surface area contributed by atoms with Gasteiger partial charge in [0.2, 0.25) is 21.8 Å². The largest absolute Gasteiger partial charge is 0.494 e. The summed E-state index contributed by atoms with van der Waals surface area (Å²) in [5.41, 5.74) is 1.14. The number of ether oxygens (including phenoxy) is 1. The molecule has 0 aliphatic rings. The summed E-state index contributed by atoms with van der Waals surface area (Å²) >= 11 is 12.3. The molecule has 11 heteroatoms. The van der Waals surface area contributed by atoms with Crippen LogP contribution in [0.1, 0.15) is 45.6 Å². The molecule has 0 spiro atoms. The number of benzene rings is 2. The van der Waals surface area contributed by atoms with Crippen LogP contribution in [0, 0.1) is 0 Å². The summed E-state index contributed by atoms with van der Waals surface area (Å²) in [7, 11) is -3.59. The fourth-order valence-corrected chi connectivity index (χ4v) is 5.12. The van der Waals surface area contributed by atoms with Crippen molar-refractivity contribution in [1.29, 1.82) is 0 Å². The van der Waals surface area contributed by atoms with E-state index in [0.717, 1.165) is 12.7 Å². The van der Waals surface area contributed by atoms with Crippen molar-refractivity contribution in [2.45, 2.75) is 52.6 Å². The summed E-state index contributed by atoms with van der Waals surface area (Å²) in [5, 5.41) is 3.68. The molecule has 0 aliphatic heterocycles. The van der Waals surface area contributed by atoms with E-state index in [1.165, 1.54) is 9.21 Å². The van der Waals surface area contributed by atoms with Crippen molar-refractivity contribution in [3.8, 4) is 5.75 Å². The van der Waals surface area contributed by atoms with Gasteiger partial charge in [-0.05, 0) is 68.7 Å². The third-order valence-electron chi connectivity index (χ3n) is 5.66. The summed E-state index contributed by atoms with van der Waals surface area (Å²) < 4.78 is 31.6. The number of nitrogens with zero attached hydrogens (tertiary/aromatic N) is 2. The predicted molar refractivity (Wildman–Crippen MR) is 149 cm³/mol. The lowest BCUT2D eigenvalue weighted by Crippen LogP contribution is -2.48. The van der Waals surface area contributed by atoms with Crippen molar-refractivity contribution >= 4 is 50.7 Å². The number of carbonyl (C=O) groups is 2. The van der Waals surface area contributed by atoms with E-state index in [9.17, 15) is 18.0 Å². The minimum Gasteiger partial charge on any atom is -0.494 e. The Hall–Kier alpha value is -2.49. The van der Waals surface area contributed by atoms with Crippen LogP contribution in [0.2, 0.25) is 10.0 Å². The van der Waals surface area contributed by atoms with Crippen LogP contribution in [0.15, 0.2) is 42.5 Å². The molecule has 1 N–H and O–H groups in total. The summed E-state index contributed by atoms with van der Waals surface area (Å²) in [5.74, 6) is 0.0828. The van der Waals surface area contributed by atoms with Crippen molar-refractivity contribution in [3.05, 3.63) is 58.1 Å². The summed E-state index contributed by atoms with van der Waals surface area (Å²) in [4.78, 5) is 27.5. The molecule has 1 atom stereocenters. The van der Waals surface area contributed by atoms with E-state index in [-0.39, 0.29) is 37.7 Å². The Morgan fingerprint density at radius 3 is 2.32 bits per heavy atom. The molecule has 0 saturated carbocycles. The standard InChI is InChI=1S/C26H35Cl2N3O5S/c1-5-15-29-26(33)19(3)30(18-20-9-10-21(27)17-24(20)28)25(32)8-7-16-31(37(4,34)35)22-11-13-23(14-12-22)36-6-2/h9-14,17,19H,5-8,15-16,18H2,1-4H3,(H,29,33)/t19-/m0/s1. The van der Waals surface area contributed by atoms with Gasteiger partial charge in [0.05, 0.1) is 18.6 Å². The van der Waals surface area contributed by atoms with Crippen molar-refractivity contribution in [2.24, 2.45) is 0 Å². The lowest BCUT2D eigenvalue weighted by Gasteiger charge is -2.29. The highest BCUT2D eigenvalue weighted by Crippen LogP contribution is 2.25. The maximum absolute atomic E-state index is 13.3. The Morgan fingerprint density at radius 1 is 1.08 bits per heavy atom. The van der Waals surface area contributed by atoms with Gasteiger partial charge in [0.15, 0.2) is 0 Å². The third kappa shape index (κ3) is 9.39. The summed E-state index contributed by atoms with van der Waals surface area (Å²) in [6.45, 7) is 6.69. The van der Waals surface area contributed by atoms with Gasteiger partial charge >= 0.3 is 0 Å². The Bertz CT molecular complexity index is 1160. The highest BCUT2D eigenvalue weighted by Gasteiger charge is 2.27. The average Bonchev–Trinajstić information content (AvgIpc) is 2.84. The SMILES string of the molecule is CCCNC(=O)[C@H](C)N(Cc1ccc(Cl)cc1Cl)C(=O)CCCN(c1ccc(OCC)cc1)S(C)(=O)=O. The second-order valence-corrected chi connectivity index (χ2v) is 11.3. The molecule has 8 nitrogen and oxygen atoms in total. The fourth-order valence-electron chi connectivity index (χ4n) is 3.69. The number of hydrogen-bond acceptors (Lipinski definition) is 5. The first-order valence-corrected chi connectivity index (χ1v) is 14.8. The molecule has 2 amide bonds. The van der Waals surface area contributed by atoms with Crippen molar-refractivity contribution in [2.75, 3.05) is 30.3 Å². The highest BCUT2D eigenvalue weighted by molar-refractivity contribution is 7.92. The van der Waals surface area contributed by atoms with Crippen LogP contribution in [0.25, 0.3) is 0 Å². The normalized spacial score (nSPS) is 12.1. The highest BCUT2D eigenvalue weighted by atomic mass is 35.5. The number of halogens is 2. The molecule has 0 saturated heterocycles. The summed E-state index contributed by atoms with van der Waals surface area (Å²) in [6, 6.07) is 11.0. The van der Waals surface area contributed by atoms with Crippen molar-refractivity contribution < 1.29 is 22.7 Å². The van der Waals surface area contributed by atoms with Gasteiger partial charge in [-0.1, -0.05) is 36.2 Å². The lowest BCUT2D eigenvalue weighted by molar-refractivity contribution is -0.140. The quantitative estimate of drug-likeness (QED) is 0.348. The lowest BCUT2D eigenvalue weighted by atomic mass is 10.1. The molecule has 0 heterocycles. The zero-order valence-electron chi connectivity index (χ0n) is 21.7. The molecule has 2 aromatic carbocycles. The minimum absolute atomic E-state index is 0.0413. The van der Waals surface area contributed by atoms with Gasteiger partial charge in [-0.15, -0.1) is 0 Å². The number of hydrogen-bond donors (Lipinski definition) is 1. The Morgan fingerprint density at radius 2 is 1.76 bits per heavy atom. The van der Waals surface area contributed by atoms with E-state index < -0.39 is 16.1 Å². The topological polar surface area (TPSA) is 96.0 Å². The van der Waals surface area contributed by atoms with Gasteiger partial charge in [0.1, 0.15) is 11.8 Å². The first-order chi connectivity index (χ1) is 17.5. The van der Waals surface area contributed by atoms with E-state index in [0.29, 0.717) is 40.2 Å². The zero-order chi connectivity index (χ0) is 27.6. The van der Waals surface area contributed by atoms with E-state index in [2.05, 4.69) is 5.32 Å². The molecule has 0 fully saturated rings. The number of carbonyl (C=O) groups excluding carboxylic acids is 2. The van der Waals surface area contributed by atoms with E-state index >= 15 is 0 Å². The van der Waals surface area contributed by atoms with Crippen LogP contribution in [-0.2, 0) is 26.2 Å². The van der Waals surface area contributed by atoms with Crippen LogP contribution < -0.4 is 14.4 Å². The second kappa shape index (κ2) is 14.4. The van der Waals surface area contributed by atoms with Gasteiger partial charge in [-0.25, -0.2) is 8.42 Å². The van der Waals surface area contributed by atoms with E-state index in [1.807, 2.05) is 13.8 Å². The maximum Gasteiger partial charge on any atom is 0.242 e. The number of sulfonamides is 1. The van der Waals surface area contributed by atoms with E-state index in [4.69, 9.17) is 27.9 Å². The number of anilines is 1. The molecule has 0 aromatic heterocycles. The van der Waals surface area contributed by atoms with Crippen molar-refractivity contribution in [1.82, 2.24) is 10.2 Å². The van der Waals surface area contributed by atoms with Crippen molar-refractivity contribution in [3.63, 3.8) is 0 Å². The minimum atomic E-state index is -3.59. The Kier molecular flexibility index (Phi) is 12.0. The van der Waals surface area contributed by atoms with Crippen LogP contribution in [0.3, 0.4) is 0 Å². The second-order valence-electron chi connectivity index (χ2n) is 8.59. The first kappa shape index (κ1) is 30.7. The maximum atomic E-state index is 13.3. The molecule has 0 unspecified atom stereocenters. The molecular formula is C26H35Cl2N3O5S. The number of rotatable bonds is 14. The predicted octanol–water partition coefficient (Wildman–Crippen LogP) is 4.88. The number of amides is 2. The molecule has 0 aliphatic carbocycles. The summed E-state index contributed by atoms with van der Waals surface area (Å²) in [6.07, 6.45) is 2.19. The first-order valence-electron chi connectivity index (χ1n) is 12.2. The van der Waals surface area contributed by atoms with Crippen LogP contribution >= 0.6 is 23.2 Å². The third-order valence-corrected chi connectivity index (χ3v) is 7.44. The Balaban J connectivity index is 2.17. The molecule has 2 aromatic rings. The fraction of sp³-hybridized carbons (Fsp3) is 0.462. The van der Waals surface area contributed by atoms with Gasteiger partial charge in [-0.2, -0.15) is 0 Å². The van der Waals surface area contributed by atoms with Crippen LogP contribution in [0.5, 0.6) is 5.75 Å². The van der Waals surface area contributed by atoms with Gasteiger partial charge in [-0.3, -0.25) is 13.9 Å². The molecular weight excluding hydrogens is 537 g/mol. The molecule has 37 heavy (non-hydrogen) atoms. The van der Waals surface area contributed by atoms with Gasteiger partial charge < -0.3 is 15.0 Å². The molecule has 0 bridgehead atoms. The Labute approximate surface area is 229 Å². The molecule has 204 valence electrons. The number of nitrogens with one attached hydrogen (secondary N) is 1. The van der Waals surface area contributed by atoms with E-state index in [1.54, 1.807) is 49.4 Å². The van der Waals surface area contributed by atoms with Gasteiger partial charge in [0, 0.05) is 36.1 Å². The smallest absolute Gasteiger partial charge is 0.242 e. The van der Waals surface area contributed by atoms with Crippen LogP contribution in [0.4, 0.5) is 5.69 Å². The monoisotopic (exact) mass is 571 g/mol. The van der Waals surface area contributed by atoms with Gasteiger partial charge in [0.25, 0.3) is 0 Å². The average molecular weight is 573 g/mol. The molecule has 0 radical (unpaired) electrons. The zero-order valence-corrected chi connectivity index (χ0v) is 24.0. The molecule has 2 rings (SSSR count).